The molecule has 0 saturated carbocycles. The SMILES string of the molecule is COc1ccc(CN(C)C(=O)CN2C(C)CCCC2CO)cc1. The minimum atomic E-state index is 0.0908. The second kappa shape index (κ2) is 8.31. The summed E-state index contributed by atoms with van der Waals surface area (Å²) in [5.41, 5.74) is 1.08. The fraction of sp³-hybridized carbons (Fsp3) is 0.611. The van der Waals surface area contributed by atoms with E-state index in [0.717, 1.165) is 30.6 Å². The molecule has 2 atom stereocenters. The van der Waals surface area contributed by atoms with E-state index in [1.165, 1.54) is 0 Å². The van der Waals surface area contributed by atoms with Gasteiger partial charge in [-0.15, -0.1) is 0 Å². The van der Waals surface area contributed by atoms with Crippen molar-refractivity contribution < 1.29 is 14.6 Å². The first-order chi connectivity index (χ1) is 11.0. The van der Waals surface area contributed by atoms with Crippen molar-refractivity contribution >= 4 is 5.91 Å². The van der Waals surface area contributed by atoms with Crippen molar-refractivity contribution in [1.29, 1.82) is 0 Å². The van der Waals surface area contributed by atoms with Gasteiger partial charge in [-0.05, 0) is 37.5 Å². The Morgan fingerprint density at radius 2 is 2.04 bits per heavy atom. The van der Waals surface area contributed by atoms with Crippen molar-refractivity contribution in [2.45, 2.75) is 44.8 Å². The molecule has 0 spiro atoms. The third-order valence-electron chi connectivity index (χ3n) is 4.73. The smallest absolute Gasteiger partial charge is 0.236 e. The Labute approximate surface area is 138 Å². The highest BCUT2D eigenvalue weighted by molar-refractivity contribution is 5.78. The fourth-order valence-corrected chi connectivity index (χ4v) is 3.19. The van der Waals surface area contributed by atoms with Crippen LogP contribution in [0.2, 0.25) is 0 Å². The van der Waals surface area contributed by atoms with Crippen molar-refractivity contribution in [3.05, 3.63) is 29.8 Å². The summed E-state index contributed by atoms with van der Waals surface area (Å²) < 4.78 is 5.15. The number of carbonyl (C=O) groups is 1. The van der Waals surface area contributed by atoms with Crippen LogP contribution in [0.25, 0.3) is 0 Å². The average Bonchev–Trinajstić information content (AvgIpc) is 2.57. The molecule has 128 valence electrons. The summed E-state index contributed by atoms with van der Waals surface area (Å²) in [4.78, 5) is 16.4. The largest absolute Gasteiger partial charge is 0.497 e. The lowest BCUT2D eigenvalue weighted by atomic mass is 9.97. The van der Waals surface area contributed by atoms with Crippen molar-refractivity contribution in [2.24, 2.45) is 0 Å². The maximum atomic E-state index is 12.5. The highest BCUT2D eigenvalue weighted by atomic mass is 16.5. The number of aliphatic hydroxyl groups is 1. The van der Waals surface area contributed by atoms with E-state index in [1.807, 2.05) is 31.3 Å². The molecular weight excluding hydrogens is 292 g/mol. The molecule has 5 heteroatoms. The molecule has 1 amide bonds. The zero-order valence-electron chi connectivity index (χ0n) is 14.4. The summed E-state index contributed by atoms with van der Waals surface area (Å²) in [7, 11) is 3.47. The van der Waals surface area contributed by atoms with Crippen molar-refractivity contribution in [3.8, 4) is 5.75 Å². The van der Waals surface area contributed by atoms with Crippen LogP contribution in [-0.2, 0) is 11.3 Å². The Balaban J connectivity index is 1.92. The number of amides is 1. The van der Waals surface area contributed by atoms with E-state index in [4.69, 9.17) is 4.74 Å². The zero-order chi connectivity index (χ0) is 16.8. The number of likely N-dealkylation sites (tertiary alicyclic amines) is 1. The molecule has 1 fully saturated rings. The van der Waals surface area contributed by atoms with Gasteiger partial charge in [0, 0.05) is 25.7 Å². The fourth-order valence-electron chi connectivity index (χ4n) is 3.19. The predicted octanol–water partition coefficient (Wildman–Crippen LogP) is 1.89. The Morgan fingerprint density at radius 3 is 2.65 bits per heavy atom. The van der Waals surface area contributed by atoms with E-state index in [2.05, 4.69) is 11.8 Å². The quantitative estimate of drug-likeness (QED) is 0.870. The maximum absolute atomic E-state index is 12.5. The highest BCUT2D eigenvalue weighted by Gasteiger charge is 2.29. The molecule has 5 nitrogen and oxygen atoms in total. The molecule has 1 aliphatic rings. The Kier molecular flexibility index (Phi) is 6.42. The monoisotopic (exact) mass is 320 g/mol. The van der Waals surface area contributed by atoms with Crippen LogP contribution in [0.3, 0.4) is 0 Å². The topological polar surface area (TPSA) is 53.0 Å². The van der Waals surface area contributed by atoms with Gasteiger partial charge in [0.15, 0.2) is 0 Å². The van der Waals surface area contributed by atoms with E-state index >= 15 is 0 Å². The number of methoxy groups -OCH3 is 1. The first kappa shape index (κ1) is 17.8. The molecule has 1 aromatic rings. The number of hydrogen-bond donors (Lipinski definition) is 1. The Bertz CT molecular complexity index is 503. The van der Waals surface area contributed by atoms with Gasteiger partial charge in [-0.25, -0.2) is 0 Å². The third-order valence-corrected chi connectivity index (χ3v) is 4.73. The molecule has 0 aromatic heterocycles. The van der Waals surface area contributed by atoms with Gasteiger partial charge in [0.2, 0.25) is 5.91 Å². The van der Waals surface area contributed by atoms with Gasteiger partial charge in [-0.1, -0.05) is 18.6 Å². The highest BCUT2D eigenvalue weighted by Crippen LogP contribution is 2.22. The minimum Gasteiger partial charge on any atom is -0.497 e. The number of piperidine rings is 1. The lowest BCUT2D eigenvalue weighted by Gasteiger charge is -2.40. The molecule has 1 aliphatic heterocycles. The van der Waals surface area contributed by atoms with E-state index in [1.54, 1.807) is 12.0 Å². The zero-order valence-corrected chi connectivity index (χ0v) is 14.4. The average molecular weight is 320 g/mol. The summed E-state index contributed by atoms with van der Waals surface area (Å²) in [6, 6.07) is 8.21. The summed E-state index contributed by atoms with van der Waals surface area (Å²) in [5.74, 6) is 0.906. The van der Waals surface area contributed by atoms with Crippen molar-refractivity contribution in [2.75, 3.05) is 27.3 Å². The maximum Gasteiger partial charge on any atom is 0.236 e. The molecule has 2 rings (SSSR count). The Hall–Kier alpha value is -1.59. The van der Waals surface area contributed by atoms with Gasteiger partial charge in [0.05, 0.1) is 20.3 Å². The number of nitrogens with zero attached hydrogens (tertiary/aromatic N) is 2. The number of carbonyl (C=O) groups excluding carboxylic acids is 1. The van der Waals surface area contributed by atoms with Gasteiger partial charge in [-0.3, -0.25) is 9.69 Å². The van der Waals surface area contributed by atoms with Crippen LogP contribution in [0.15, 0.2) is 24.3 Å². The van der Waals surface area contributed by atoms with Crippen LogP contribution in [0.1, 0.15) is 31.7 Å². The number of likely N-dealkylation sites (N-methyl/N-ethyl adjacent to an activating group) is 1. The second-order valence-electron chi connectivity index (χ2n) is 6.39. The summed E-state index contributed by atoms with van der Waals surface area (Å²) in [6.45, 7) is 3.21. The number of benzene rings is 1. The van der Waals surface area contributed by atoms with Crippen molar-refractivity contribution in [3.63, 3.8) is 0 Å². The minimum absolute atomic E-state index is 0.0908. The Morgan fingerprint density at radius 1 is 1.35 bits per heavy atom. The third kappa shape index (κ3) is 4.69. The van der Waals surface area contributed by atoms with Gasteiger partial charge in [0.1, 0.15) is 5.75 Å². The van der Waals surface area contributed by atoms with Crippen LogP contribution < -0.4 is 4.74 Å². The molecule has 1 aromatic carbocycles. The molecule has 0 bridgehead atoms. The van der Waals surface area contributed by atoms with Crippen LogP contribution >= 0.6 is 0 Å². The van der Waals surface area contributed by atoms with E-state index in [-0.39, 0.29) is 18.6 Å². The lowest BCUT2D eigenvalue weighted by molar-refractivity contribution is -0.133. The van der Waals surface area contributed by atoms with Crippen LogP contribution in [0.4, 0.5) is 0 Å². The molecule has 1 N–H and O–H groups in total. The van der Waals surface area contributed by atoms with Crippen LogP contribution in [0.5, 0.6) is 5.75 Å². The summed E-state index contributed by atoms with van der Waals surface area (Å²) in [6.07, 6.45) is 3.18. The molecule has 0 radical (unpaired) electrons. The van der Waals surface area contributed by atoms with E-state index in [0.29, 0.717) is 19.1 Å². The van der Waals surface area contributed by atoms with E-state index in [9.17, 15) is 9.90 Å². The number of hydrogen-bond acceptors (Lipinski definition) is 4. The van der Waals surface area contributed by atoms with Crippen molar-refractivity contribution in [1.82, 2.24) is 9.80 Å². The lowest BCUT2D eigenvalue weighted by Crippen LogP contribution is -2.51. The number of ether oxygens (including phenoxy) is 1. The normalized spacial score (nSPS) is 21.9. The predicted molar refractivity (Wildman–Crippen MR) is 90.4 cm³/mol. The molecule has 0 aliphatic carbocycles. The number of rotatable bonds is 6. The van der Waals surface area contributed by atoms with E-state index < -0.39 is 0 Å². The first-order valence-electron chi connectivity index (χ1n) is 8.28. The standard InChI is InChI=1S/C18H28N2O3/c1-14-5-4-6-16(13-21)20(14)12-18(22)19(2)11-15-7-9-17(23-3)10-8-15/h7-10,14,16,21H,4-6,11-13H2,1-3H3. The summed E-state index contributed by atoms with van der Waals surface area (Å²) in [5, 5.41) is 9.54. The summed E-state index contributed by atoms with van der Waals surface area (Å²) >= 11 is 0. The van der Waals surface area contributed by atoms with Gasteiger partial charge in [0.25, 0.3) is 0 Å². The first-order valence-corrected chi connectivity index (χ1v) is 8.28. The molecular formula is C18H28N2O3. The number of aliphatic hydroxyl groups excluding tert-OH is 1. The van der Waals surface area contributed by atoms with Crippen LogP contribution in [0, 0.1) is 0 Å². The molecule has 1 heterocycles. The molecule has 2 unspecified atom stereocenters. The second-order valence-corrected chi connectivity index (χ2v) is 6.39. The molecule has 23 heavy (non-hydrogen) atoms. The van der Waals surface area contributed by atoms with Gasteiger partial charge >= 0.3 is 0 Å². The molecule has 1 saturated heterocycles. The van der Waals surface area contributed by atoms with Crippen LogP contribution in [-0.4, -0.2) is 60.2 Å². The van der Waals surface area contributed by atoms with Gasteiger partial charge < -0.3 is 14.7 Å². The van der Waals surface area contributed by atoms with Gasteiger partial charge in [-0.2, -0.15) is 0 Å².